The molecule has 7 nitrogen and oxygen atoms in total. The predicted molar refractivity (Wildman–Crippen MR) is 99.6 cm³/mol. The third-order valence-corrected chi connectivity index (χ3v) is 4.60. The Morgan fingerprint density at radius 2 is 1.83 bits per heavy atom. The first-order chi connectivity index (χ1) is 14.1. The van der Waals surface area contributed by atoms with Crippen LogP contribution in [0.15, 0.2) is 65.3 Å². The van der Waals surface area contributed by atoms with Crippen molar-refractivity contribution in [2.45, 2.75) is 13.2 Å². The number of nitrogens with zero attached hydrogens (tertiary/aromatic N) is 2. The molecular formula is C22H14N2O5. The summed E-state index contributed by atoms with van der Waals surface area (Å²) in [5.41, 5.74) is 1.53. The predicted octanol–water partition coefficient (Wildman–Crippen LogP) is 3.30. The van der Waals surface area contributed by atoms with Crippen LogP contribution in [-0.2, 0) is 17.9 Å². The highest BCUT2D eigenvalue weighted by Crippen LogP contribution is 2.26. The molecule has 0 spiro atoms. The molecule has 1 aliphatic heterocycles. The van der Waals surface area contributed by atoms with E-state index >= 15 is 0 Å². The summed E-state index contributed by atoms with van der Waals surface area (Å²) in [6.07, 6.45) is 1.46. The first-order valence-corrected chi connectivity index (χ1v) is 8.76. The van der Waals surface area contributed by atoms with Gasteiger partial charge in [-0.25, -0.2) is 4.79 Å². The van der Waals surface area contributed by atoms with E-state index in [0.29, 0.717) is 16.9 Å². The van der Waals surface area contributed by atoms with E-state index in [0.717, 1.165) is 4.90 Å². The van der Waals surface area contributed by atoms with E-state index in [-0.39, 0.29) is 29.8 Å². The fraction of sp³-hybridized carbons (Fsp3) is 0.0909. The second-order valence-corrected chi connectivity index (χ2v) is 6.38. The van der Waals surface area contributed by atoms with E-state index in [1.807, 2.05) is 6.07 Å². The van der Waals surface area contributed by atoms with Gasteiger partial charge in [-0.2, -0.15) is 5.26 Å². The zero-order chi connectivity index (χ0) is 20.4. The monoisotopic (exact) mass is 386 g/mol. The maximum atomic E-state index is 12.6. The van der Waals surface area contributed by atoms with Crippen molar-refractivity contribution in [1.29, 1.82) is 5.26 Å². The molecule has 2 aromatic carbocycles. The second kappa shape index (κ2) is 7.44. The van der Waals surface area contributed by atoms with Gasteiger partial charge in [-0.1, -0.05) is 18.2 Å². The van der Waals surface area contributed by atoms with Crippen molar-refractivity contribution in [2.24, 2.45) is 0 Å². The van der Waals surface area contributed by atoms with Crippen LogP contribution >= 0.6 is 0 Å². The molecule has 142 valence electrons. The van der Waals surface area contributed by atoms with E-state index in [9.17, 15) is 14.4 Å². The summed E-state index contributed by atoms with van der Waals surface area (Å²) in [5, 5.41) is 9.11. The van der Waals surface area contributed by atoms with E-state index in [1.54, 1.807) is 36.4 Å². The van der Waals surface area contributed by atoms with Gasteiger partial charge < -0.3 is 9.15 Å². The molecule has 0 saturated carbocycles. The molecule has 3 aromatic rings. The van der Waals surface area contributed by atoms with E-state index in [2.05, 4.69) is 0 Å². The van der Waals surface area contributed by atoms with Gasteiger partial charge in [0.2, 0.25) is 0 Å². The van der Waals surface area contributed by atoms with Crippen LogP contribution in [0.4, 0.5) is 0 Å². The van der Waals surface area contributed by atoms with Gasteiger partial charge in [0.25, 0.3) is 11.8 Å². The highest BCUT2D eigenvalue weighted by molar-refractivity contribution is 6.21. The highest BCUT2D eigenvalue weighted by Gasteiger charge is 2.36. The number of rotatable bonds is 5. The van der Waals surface area contributed by atoms with Crippen molar-refractivity contribution >= 4 is 17.8 Å². The van der Waals surface area contributed by atoms with Crippen LogP contribution in [0.25, 0.3) is 0 Å². The van der Waals surface area contributed by atoms with Gasteiger partial charge in [-0.05, 0) is 36.4 Å². The third-order valence-electron chi connectivity index (χ3n) is 4.60. The fourth-order valence-electron chi connectivity index (χ4n) is 3.10. The molecule has 0 atom stereocenters. The topological polar surface area (TPSA) is 101 Å². The Labute approximate surface area is 165 Å². The van der Waals surface area contributed by atoms with E-state index < -0.39 is 17.8 Å². The molecule has 1 aliphatic rings. The van der Waals surface area contributed by atoms with E-state index in [1.165, 1.54) is 24.5 Å². The number of imide groups is 1. The van der Waals surface area contributed by atoms with Gasteiger partial charge in [0.1, 0.15) is 12.4 Å². The summed E-state index contributed by atoms with van der Waals surface area (Å²) in [6.45, 7) is -0.0543. The van der Waals surface area contributed by atoms with Gasteiger partial charge in [0.05, 0.1) is 41.1 Å². The number of hydrogen-bond donors (Lipinski definition) is 0. The normalized spacial score (nSPS) is 12.6. The minimum absolute atomic E-state index is 0.0179. The summed E-state index contributed by atoms with van der Waals surface area (Å²) in [4.78, 5) is 38.6. The number of furan rings is 1. The van der Waals surface area contributed by atoms with Crippen LogP contribution < -0.4 is 0 Å². The lowest BCUT2D eigenvalue weighted by molar-refractivity contribution is 0.0472. The first-order valence-electron chi connectivity index (χ1n) is 8.76. The van der Waals surface area contributed by atoms with Gasteiger partial charge in [-0.3, -0.25) is 14.5 Å². The lowest BCUT2D eigenvalue weighted by Crippen LogP contribution is -2.28. The number of carbonyl (C=O) groups is 3. The average Bonchev–Trinajstić information content (AvgIpc) is 3.35. The largest absolute Gasteiger partial charge is 0.467 e. The van der Waals surface area contributed by atoms with Crippen LogP contribution in [0.5, 0.6) is 0 Å². The lowest BCUT2D eigenvalue weighted by Gasteiger charge is -2.11. The third kappa shape index (κ3) is 3.39. The molecule has 0 N–H and O–H groups in total. The summed E-state index contributed by atoms with van der Waals surface area (Å²) in [5.74, 6) is -1.10. The van der Waals surface area contributed by atoms with Gasteiger partial charge in [0.15, 0.2) is 0 Å². The van der Waals surface area contributed by atoms with Crippen LogP contribution in [0.3, 0.4) is 0 Å². The maximum Gasteiger partial charge on any atom is 0.338 e. The van der Waals surface area contributed by atoms with Crippen molar-refractivity contribution in [1.82, 2.24) is 4.90 Å². The Kier molecular flexibility index (Phi) is 4.67. The number of ether oxygens (including phenoxy) is 1. The maximum absolute atomic E-state index is 12.6. The number of hydrogen-bond acceptors (Lipinski definition) is 6. The molecule has 7 heteroatoms. The van der Waals surface area contributed by atoms with Gasteiger partial charge >= 0.3 is 5.97 Å². The van der Waals surface area contributed by atoms with Gasteiger partial charge in [-0.15, -0.1) is 0 Å². The SMILES string of the molecule is N#Cc1ccccc1COC(=O)c1ccc2c(c1)C(=O)N(Cc1ccco1)C2=O. The van der Waals surface area contributed by atoms with Crippen molar-refractivity contribution in [3.63, 3.8) is 0 Å². The van der Waals surface area contributed by atoms with Crippen LogP contribution in [0.2, 0.25) is 0 Å². The zero-order valence-corrected chi connectivity index (χ0v) is 15.1. The Balaban J connectivity index is 1.51. The van der Waals surface area contributed by atoms with Crippen molar-refractivity contribution < 1.29 is 23.5 Å². The summed E-state index contributed by atoms with van der Waals surface area (Å²) >= 11 is 0. The minimum Gasteiger partial charge on any atom is -0.467 e. The molecule has 2 amide bonds. The fourth-order valence-corrected chi connectivity index (χ4v) is 3.10. The summed E-state index contributed by atoms with van der Waals surface area (Å²) in [6, 6.07) is 16.4. The molecule has 2 heterocycles. The number of benzene rings is 2. The number of amides is 2. The summed E-state index contributed by atoms with van der Waals surface area (Å²) in [7, 11) is 0. The number of esters is 1. The second-order valence-electron chi connectivity index (χ2n) is 6.38. The number of fused-ring (bicyclic) bond motifs is 1. The summed E-state index contributed by atoms with van der Waals surface area (Å²) < 4.78 is 10.5. The molecule has 0 saturated heterocycles. The molecule has 0 bridgehead atoms. The van der Waals surface area contributed by atoms with Crippen molar-refractivity contribution in [3.8, 4) is 6.07 Å². The minimum atomic E-state index is -0.648. The molecule has 0 unspecified atom stereocenters. The molecule has 1 aromatic heterocycles. The molecule has 0 aliphatic carbocycles. The van der Waals surface area contributed by atoms with E-state index in [4.69, 9.17) is 14.4 Å². The smallest absolute Gasteiger partial charge is 0.338 e. The standard InChI is InChI=1S/C22H14N2O5/c23-11-15-4-1-2-5-16(15)13-29-22(27)14-7-8-18-19(10-14)21(26)24(20(18)25)12-17-6-3-9-28-17/h1-10H,12-13H2. The zero-order valence-electron chi connectivity index (χ0n) is 15.1. The Morgan fingerprint density at radius 1 is 1.03 bits per heavy atom. The van der Waals surface area contributed by atoms with Crippen LogP contribution in [0, 0.1) is 11.3 Å². The van der Waals surface area contributed by atoms with Gasteiger partial charge in [0, 0.05) is 5.56 Å². The van der Waals surface area contributed by atoms with Crippen LogP contribution in [-0.4, -0.2) is 22.7 Å². The highest BCUT2D eigenvalue weighted by atomic mass is 16.5. The average molecular weight is 386 g/mol. The number of carbonyl (C=O) groups excluding carboxylic acids is 3. The number of nitriles is 1. The van der Waals surface area contributed by atoms with Crippen molar-refractivity contribution in [3.05, 3.63) is 94.4 Å². The lowest BCUT2D eigenvalue weighted by atomic mass is 10.1. The molecule has 29 heavy (non-hydrogen) atoms. The Morgan fingerprint density at radius 3 is 2.59 bits per heavy atom. The Hall–Kier alpha value is -4.18. The molecule has 0 radical (unpaired) electrons. The first kappa shape index (κ1) is 18.2. The van der Waals surface area contributed by atoms with Crippen molar-refractivity contribution in [2.75, 3.05) is 0 Å². The molecular weight excluding hydrogens is 372 g/mol. The van der Waals surface area contributed by atoms with Crippen LogP contribution in [0.1, 0.15) is 48.0 Å². The quantitative estimate of drug-likeness (QED) is 0.493. The Bertz CT molecular complexity index is 1160. The molecule has 4 rings (SSSR count). The molecule has 0 fully saturated rings.